The lowest BCUT2D eigenvalue weighted by molar-refractivity contribution is -0.119. The summed E-state index contributed by atoms with van der Waals surface area (Å²) in [6, 6.07) is 22.5. The molecule has 128 valence electrons. The average molecular weight is 350 g/mol. The summed E-state index contributed by atoms with van der Waals surface area (Å²) in [6.45, 7) is 2.06. The predicted octanol–water partition coefficient (Wildman–Crippen LogP) is 4.46. The average Bonchev–Trinajstić information content (AvgIpc) is 2.65. The Labute approximate surface area is 152 Å². The van der Waals surface area contributed by atoms with Crippen molar-refractivity contribution in [3.63, 3.8) is 0 Å². The van der Waals surface area contributed by atoms with Crippen LogP contribution < -0.4 is 5.32 Å². The van der Waals surface area contributed by atoms with Crippen LogP contribution in [0.2, 0.25) is 0 Å². The van der Waals surface area contributed by atoms with Crippen LogP contribution in [-0.4, -0.2) is 22.7 Å². The molecule has 1 heterocycles. The molecule has 1 unspecified atom stereocenters. The Hall–Kier alpha value is -2.33. The van der Waals surface area contributed by atoms with Crippen LogP contribution in [0.5, 0.6) is 0 Å². The topological polar surface area (TPSA) is 42.0 Å². The van der Waals surface area contributed by atoms with Gasteiger partial charge in [-0.25, -0.2) is 4.98 Å². The van der Waals surface area contributed by atoms with Crippen molar-refractivity contribution in [1.29, 1.82) is 0 Å². The van der Waals surface area contributed by atoms with Gasteiger partial charge in [0.15, 0.2) is 0 Å². The van der Waals surface area contributed by atoms with Crippen molar-refractivity contribution >= 4 is 28.6 Å². The Morgan fingerprint density at radius 2 is 1.80 bits per heavy atom. The molecule has 4 heteroatoms. The van der Waals surface area contributed by atoms with E-state index in [4.69, 9.17) is 0 Å². The molecule has 0 saturated carbocycles. The maximum Gasteiger partial charge on any atom is 0.230 e. The molecule has 1 aromatic heterocycles. The lowest BCUT2D eigenvalue weighted by Crippen LogP contribution is -2.34. The summed E-state index contributed by atoms with van der Waals surface area (Å²) in [5.74, 6) is 0.446. The minimum Gasteiger partial charge on any atom is -0.353 e. The molecule has 0 aliphatic rings. The summed E-state index contributed by atoms with van der Waals surface area (Å²) in [5, 5.41) is 5.07. The van der Waals surface area contributed by atoms with Crippen LogP contribution >= 0.6 is 11.8 Å². The van der Waals surface area contributed by atoms with E-state index in [2.05, 4.69) is 29.4 Å². The van der Waals surface area contributed by atoms with E-state index in [1.54, 1.807) is 0 Å². The maximum atomic E-state index is 12.1. The number of carbonyl (C=O) groups is 1. The Balaban J connectivity index is 1.45. The molecule has 0 saturated heterocycles. The second kappa shape index (κ2) is 8.67. The largest absolute Gasteiger partial charge is 0.353 e. The number of benzene rings is 2. The fraction of sp³-hybridized carbons (Fsp3) is 0.238. The molecule has 0 fully saturated rings. The minimum absolute atomic E-state index is 0.0560. The molecule has 0 aliphatic heterocycles. The first-order chi connectivity index (χ1) is 12.2. The summed E-state index contributed by atoms with van der Waals surface area (Å²) in [5.41, 5.74) is 2.27. The highest BCUT2D eigenvalue weighted by Gasteiger charge is 2.09. The molecule has 0 aliphatic carbocycles. The Kier molecular flexibility index (Phi) is 6.07. The third kappa shape index (κ3) is 5.33. The van der Waals surface area contributed by atoms with Gasteiger partial charge in [0.25, 0.3) is 0 Å². The molecule has 1 N–H and O–H groups in total. The number of nitrogens with zero attached hydrogens (tertiary/aromatic N) is 1. The third-order valence-electron chi connectivity index (χ3n) is 4.04. The van der Waals surface area contributed by atoms with Gasteiger partial charge in [-0.2, -0.15) is 0 Å². The number of pyridine rings is 1. The van der Waals surface area contributed by atoms with Gasteiger partial charge in [0, 0.05) is 11.4 Å². The van der Waals surface area contributed by atoms with Gasteiger partial charge in [0.05, 0.1) is 16.3 Å². The third-order valence-corrected chi connectivity index (χ3v) is 4.97. The van der Waals surface area contributed by atoms with Crippen molar-refractivity contribution in [2.45, 2.75) is 30.8 Å². The molecule has 0 spiro atoms. The number of amides is 1. The Bertz CT molecular complexity index is 835. The van der Waals surface area contributed by atoms with Crippen molar-refractivity contribution in [1.82, 2.24) is 10.3 Å². The molecule has 1 amide bonds. The number of thioether (sulfide) groups is 1. The maximum absolute atomic E-state index is 12.1. The molecular formula is C21H22N2OS. The van der Waals surface area contributed by atoms with Crippen molar-refractivity contribution in [3.8, 4) is 0 Å². The summed E-state index contributed by atoms with van der Waals surface area (Å²) in [6.07, 6.45) is 1.91. The molecule has 3 rings (SSSR count). The fourth-order valence-electron chi connectivity index (χ4n) is 2.68. The first kappa shape index (κ1) is 17.5. The van der Waals surface area contributed by atoms with Gasteiger partial charge in [-0.3, -0.25) is 4.79 Å². The molecule has 0 bridgehead atoms. The lowest BCUT2D eigenvalue weighted by atomic mass is 10.1. The number of para-hydroxylation sites is 1. The second-order valence-corrected chi connectivity index (χ2v) is 7.12. The summed E-state index contributed by atoms with van der Waals surface area (Å²) < 4.78 is 0. The summed E-state index contributed by atoms with van der Waals surface area (Å²) >= 11 is 1.48. The van der Waals surface area contributed by atoms with Gasteiger partial charge in [-0.15, -0.1) is 0 Å². The number of carbonyl (C=O) groups excluding carboxylic acids is 1. The molecule has 25 heavy (non-hydrogen) atoms. The minimum atomic E-state index is 0.0560. The van der Waals surface area contributed by atoms with Crippen molar-refractivity contribution in [2.24, 2.45) is 0 Å². The smallest absolute Gasteiger partial charge is 0.230 e. The lowest BCUT2D eigenvalue weighted by Gasteiger charge is -2.13. The van der Waals surface area contributed by atoms with Gasteiger partial charge in [0.2, 0.25) is 5.91 Å². The number of rotatable bonds is 7. The zero-order chi connectivity index (χ0) is 17.5. The zero-order valence-corrected chi connectivity index (χ0v) is 15.1. The number of fused-ring (bicyclic) bond motifs is 1. The molecular weight excluding hydrogens is 328 g/mol. The van der Waals surface area contributed by atoms with E-state index in [-0.39, 0.29) is 11.9 Å². The molecule has 0 radical (unpaired) electrons. The fourth-order valence-corrected chi connectivity index (χ4v) is 3.37. The van der Waals surface area contributed by atoms with E-state index in [1.165, 1.54) is 17.3 Å². The van der Waals surface area contributed by atoms with Crippen LogP contribution in [0.25, 0.3) is 10.9 Å². The number of hydrogen-bond acceptors (Lipinski definition) is 3. The summed E-state index contributed by atoms with van der Waals surface area (Å²) in [7, 11) is 0. The predicted molar refractivity (Wildman–Crippen MR) is 105 cm³/mol. The highest BCUT2D eigenvalue weighted by Crippen LogP contribution is 2.19. The molecule has 3 nitrogen and oxygen atoms in total. The zero-order valence-electron chi connectivity index (χ0n) is 14.3. The second-order valence-electron chi connectivity index (χ2n) is 6.12. The number of nitrogens with one attached hydrogen (secondary N) is 1. The van der Waals surface area contributed by atoms with E-state index in [0.29, 0.717) is 5.75 Å². The SMILES string of the molecule is CC(CCc1ccccc1)NC(=O)CSc1ccc2ccccc2n1. The van der Waals surface area contributed by atoms with Crippen LogP contribution in [-0.2, 0) is 11.2 Å². The monoisotopic (exact) mass is 350 g/mol. The molecule has 1 atom stereocenters. The van der Waals surface area contributed by atoms with E-state index >= 15 is 0 Å². The Morgan fingerprint density at radius 3 is 2.64 bits per heavy atom. The van der Waals surface area contributed by atoms with E-state index in [9.17, 15) is 4.79 Å². The highest BCUT2D eigenvalue weighted by molar-refractivity contribution is 7.99. The van der Waals surface area contributed by atoms with Gasteiger partial charge in [-0.05, 0) is 37.5 Å². The first-order valence-electron chi connectivity index (χ1n) is 8.52. The normalized spacial score (nSPS) is 12.0. The van der Waals surface area contributed by atoms with E-state index < -0.39 is 0 Å². The number of aryl methyl sites for hydroxylation is 1. The van der Waals surface area contributed by atoms with Crippen LogP contribution in [0, 0.1) is 0 Å². The van der Waals surface area contributed by atoms with Gasteiger partial charge >= 0.3 is 0 Å². The molecule has 3 aromatic rings. The van der Waals surface area contributed by atoms with Gasteiger partial charge in [-0.1, -0.05) is 66.4 Å². The Morgan fingerprint density at radius 1 is 1.04 bits per heavy atom. The quantitative estimate of drug-likeness (QED) is 0.640. The number of aromatic nitrogens is 1. The summed E-state index contributed by atoms with van der Waals surface area (Å²) in [4.78, 5) is 16.7. The van der Waals surface area contributed by atoms with Crippen molar-refractivity contribution in [2.75, 3.05) is 5.75 Å². The van der Waals surface area contributed by atoms with E-state index in [0.717, 1.165) is 28.8 Å². The van der Waals surface area contributed by atoms with Crippen LogP contribution in [0.4, 0.5) is 0 Å². The van der Waals surface area contributed by atoms with Gasteiger partial charge < -0.3 is 5.32 Å². The van der Waals surface area contributed by atoms with Crippen LogP contribution in [0.1, 0.15) is 18.9 Å². The van der Waals surface area contributed by atoms with Crippen molar-refractivity contribution in [3.05, 3.63) is 72.3 Å². The van der Waals surface area contributed by atoms with Gasteiger partial charge in [0.1, 0.15) is 0 Å². The first-order valence-corrected chi connectivity index (χ1v) is 9.51. The number of hydrogen-bond donors (Lipinski definition) is 1. The highest BCUT2D eigenvalue weighted by atomic mass is 32.2. The van der Waals surface area contributed by atoms with Crippen LogP contribution in [0.3, 0.4) is 0 Å². The van der Waals surface area contributed by atoms with Crippen LogP contribution in [0.15, 0.2) is 71.8 Å². The molecule has 2 aromatic carbocycles. The van der Waals surface area contributed by atoms with Crippen molar-refractivity contribution < 1.29 is 4.79 Å². The standard InChI is InChI=1S/C21H22N2OS/c1-16(11-12-17-7-3-2-4-8-17)22-20(24)15-25-21-14-13-18-9-5-6-10-19(18)23-21/h2-10,13-14,16H,11-12,15H2,1H3,(H,22,24). The van der Waals surface area contributed by atoms with E-state index in [1.807, 2.05) is 54.6 Å².